The van der Waals surface area contributed by atoms with Crippen LogP contribution in [0.2, 0.25) is 0 Å². The lowest BCUT2D eigenvalue weighted by molar-refractivity contribution is 0.281. The van der Waals surface area contributed by atoms with Crippen molar-refractivity contribution in [3.63, 3.8) is 0 Å². The van der Waals surface area contributed by atoms with E-state index < -0.39 is 10.0 Å². The van der Waals surface area contributed by atoms with Crippen LogP contribution in [0.15, 0.2) is 53.8 Å². The summed E-state index contributed by atoms with van der Waals surface area (Å²) in [7, 11) is -3.47. The lowest BCUT2D eigenvalue weighted by atomic mass is 10.0. The Morgan fingerprint density at radius 2 is 2.12 bits per heavy atom. The Morgan fingerprint density at radius 1 is 1.24 bits per heavy atom. The predicted octanol–water partition coefficient (Wildman–Crippen LogP) is 2.82. The van der Waals surface area contributed by atoms with Crippen molar-refractivity contribution in [2.45, 2.75) is 24.7 Å². The fourth-order valence-electron chi connectivity index (χ4n) is 3.30. The zero-order chi connectivity index (χ0) is 17.4. The van der Waals surface area contributed by atoms with E-state index >= 15 is 0 Å². The molecule has 3 aromatic rings. The van der Waals surface area contributed by atoms with Crippen LogP contribution in [-0.2, 0) is 10.0 Å². The smallest absolute Gasteiger partial charge is 0.243 e. The molecule has 0 amide bonds. The van der Waals surface area contributed by atoms with Crippen molar-refractivity contribution in [3.05, 3.63) is 48.9 Å². The molecule has 1 aromatic carbocycles. The van der Waals surface area contributed by atoms with Gasteiger partial charge in [0.05, 0.1) is 10.6 Å². The lowest BCUT2D eigenvalue weighted by Crippen LogP contribution is -2.39. The second-order valence-corrected chi connectivity index (χ2v) is 8.53. The van der Waals surface area contributed by atoms with Crippen molar-refractivity contribution in [1.29, 1.82) is 0 Å². The number of hydrogen-bond acceptors (Lipinski definition) is 4. The van der Waals surface area contributed by atoms with E-state index in [-0.39, 0.29) is 0 Å². The number of aromatic nitrogens is 3. The molecule has 1 saturated heterocycles. The molecule has 0 N–H and O–H groups in total. The third-order valence-electron chi connectivity index (χ3n) is 4.62. The van der Waals surface area contributed by atoms with Crippen LogP contribution in [0.3, 0.4) is 0 Å². The van der Waals surface area contributed by atoms with Gasteiger partial charge in [-0.1, -0.05) is 19.1 Å². The molecule has 6 nitrogen and oxygen atoms in total. The fourth-order valence-corrected chi connectivity index (χ4v) is 4.94. The third-order valence-corrected chi connectivity index (χ3v) is 6.48. The number of sulfonamides is 1. The maximum atomic E-state index is 13.0. The Hall–Kier alpha value is -2.25. The number of imidazole rings is 1. The molecule has 0 spiro atoms. The first kappa shape index (κ1) is 16.2. The molecule has 1 atom stereocenters. The van der Waals surface area contributed by atoms with Crippen LogP contribution in [0.25, 0.3) is 17.0 Å². The van der Waals surface area contributed by atoms with E-state index in [4.69, 9.17) is 0 Å². The Balaban J connectivity index is 1.71. The summed E-state index contributed by atoms with van der Waals surface area (Å²) in [5.41, 5.74) is 1.49. The number of piperidine rings is 1. The van der Waals surface area contributed by atoms with Gasteiger partial charge >= 0.3 is 0 Å². The van der Waals surface area contributed by atoms with Gasteiger partial charge in [0.15, 0.2) is 0 Å². The summed E-state index contributed by atoms with van der Waals surface area (Å²) >= 11 is 0. The van der Waals surface area contributed by atoms with Gasteiger partial charge in [0.25, 0.3) is 0 Å². The molecule has 25 heavy (non-hydrogen) atoms. The normalized spacial score (nSPS) is 19.3. The molecule has 0 bridgehead atoms. The van der Waals surface area contributed by atoms with E-state index in [0.717, 1.165) is 18.4 Å². The van der Waals surface area contributed by atoms with Gasteiger partial charge in [0, 0.05) is 37.2 Å². The Labute approximate surface area is 147 Å². The predicted molar refractivity (Wildman–Crippen MR) is 95.6 cm³/mol. The molecule has 1 aliphatic rings. The van der Waals surface area contributed by atoms with Crippen LogP contribution in [-0.4, -0.2) is 40.2 Å². The van der Waals surface area contributed by atoms with Gasteiger partial charge in [-0.3, -0.25) is 4.40 Å². The molecule has 1 fully saturated rings. The summed E-state index contributed by atoms with van der Waals surface area (Å²) in [4.78, 5) is 9.00. The summed E-state index contributed by atoms with van der Waals surface area (Å²) in [6.07, 6.45) is 7.41. The number of hydrogen-bond donors (Lipinski definition) is 0. The van der Waals surface area contributed by atoms with Crippen LogP contribution in [0, 0.1) is 5.92 Å². The summed E-state index contributed by atoms with van der Waals surface area (Å²) in [5, 5.41) is 0. The second-order valence-electron chi connectivity index (χ2n) is 6.59. The first-order valence-electron chi connectivity index (χ1n) is 8.44. The Morgan fingerprint density at radius 3 is 2.92 bits per heavy atom. The maximum absolute atomic E-state index is 13.0. The first-order chi connectivity index (χ1) is 12.0. The molecular formula is C18H20N4O2S. The molecule has 0 aliphatic carbocycles. The lowest BCUT2D eigenvalue weighted by Gasteiger charge is -2.30. The summed E-state index contributed by atoms with van der Waals surface area (Å²) in [6.45, 7) is 3.28. The highest BCUT2D eigenvalue weighted by Gasteiger charge is 2.28. The van der Waals surface area contributed by atoms with Gasteiger partial charge in [-0.25, -0.2) is 18.4 Å². The molecule has 1 aliphatic heterocycles. The second kappa shape index (κ2) is 6.24. The van der Waals surface area contributed by atoms with Crippen LogP contribution < -0.4 is 0 Å². The highest BCUT2D eigenvalue weighted by atomic mass is 32.2. The van der Waals surface area contributed by atoms with Crippen LogP contribution in [0.4, 0.5) is 0 Å². The molecule has 0 saturated carbocycles. The summed E-state index contributed by atoms with van der Waals surface area (Å²) in [5.74, 6) is 0.992. The standard InChI is InChI=1S/C18H20N4O2S/c1-14-5-3-10-22(12-14)25(23,24)16-7-2-6-15(11-16)17-13-21-9-4-8-19-18(21)20-17/h2,4,6-9,11,13-14H,3,5,10,12H2,1H3/t14-/m0/s1. The van der Waals surface area contributed by atoms with E-state index in [1.54, 1.807) is 28.7 Å². The average molecular weight is 356 g/mol. The van der Waals surface area contributed by atoms with E-state index in [0.29, 0.717) is 35.4 Å². The minimum Gasteiger partial charge on any atom is -0.291 e. The molecule has 4 rings (SSSR count). The average Bonchev–Trinajstić information content (AvgIpc) is 3.06. The number of fused-ring (bicyclic) bond motifs is 1. The van der Waals surface area contributed by atoms with Gasteiger partial charge < -0.3 is 0 Å². The van der Waals surface area contributed by atoms with Crippen LogP contribution >= 0.6 is 0 Å². The largest absolute Gasteiger partial charge is 0.291 e. The van der Waals surface area contributed by atoms with Crippen molar-refractivity contribution in [2.75, 3.05) is 13.1 Å². The van der Waals surface area contributed by atoms with Gasteiger partial charge in [-0.2, -0.15) is 4.31 Å². The quantitative estimate of drug-likeness (QED) is 0.724. The molecule has 2 aromatic heterocycles. The number of nitrogens with zero attached hydrogens (tertiary/aromatic N) is 4. The topological polar surface area (TPSA) is 67.6 Å². The van der Waals surface area contributed by atoms with Crippen molar-refractivity contribution in [3.8, 4) is 11.3 Å². The van der Waals surface area contributed by atoms with Crippen molar-refractivity contribution in [1.82, 2.24) is 18.7 Å². The fraction of sp³-hybridized carbons (Fsp3) is 0.333. The Bertz CT molecular complexity index is 980. The van der Waals surface area contributed by atoms with Crippen molar-refractivity contribution < 1.29 is 8.42 Å². The first-order valence-corrected chi connectivity index (χ1v) is 9.88. The van der Waals surface area contributed by atoms with E-state index in [1.165, 1.54) is 0 Å². The molecular weight excluding hydrogens is 336 g/mol. The van der Waals surface area contributed by atoms with Gasteiger partial charge in [-0.05, 0) is 37.0 Å². The molecule has 3 heterocycles. The molecule has 0 radical (unpaired) electrons. The molecule has 130 valence electrons. The maximum Gasteiger partial charge on any atom is 0.243 e. The summed E-state index contributed by atoms with van der Waals surface area (Å²) in [6, 6.07) is 8.84. The highest BCUT2D eigenvalue weighted by Crippen LogP contribution is 2.26. The van der Waals surface area contributed by atoms with Crippen molar-refractivity contribution >= 4 is 15.8 Å². The molecule has 7 heteroatoms. The van der Waals surface area contributed by atoms with E-state index in [2.05, 4.69) is 16.9 Å². The van der Waals surface area contributed by atoms with Gasteiger partial charge in [0.1, 0.15) is 0 Å². The SMILES string of the molecule is C[C@H]1CCCN(S(=O)(=O)c2cccc(-c3cn4cccnc4n3)c2)C1. The number of benzene rings is 1. The monoisotopic (exact) mass is 356 g/mol. The zero-order valence-corrected chi connectivity index (χ0v) is 14.9. The Kier molecular flexibility index (Phi) is 4.05. The van der Waals surface area contributed by atoms with Gasteiger partial charge in [-0.15, -0.1) is 0 Å². The zero-order valence-electron chi connectivity index (χ0n) is 14.0. The summed E-state index contributed by atoms with van der Waals surface area (Å²) < 4.78 is 29.4. The minimum atomic E-state index is -3.47. The van der Waals surface area contributed by atoms with Gasteiger partial charge in [0.2, 0.25) is 15.8 Å². The minimum absolute atomic E-state index is 0.323. The van der Waals surface area contributed by atoms with E-state index in [9.17, 15) is 8.42 Å². The third kappa shape index (κ3) is 3.05. The van der Waals surface area contributed by atoms with Crippen LogP contribution in [0.1, 0.15) is 19.8 Å². The number of rotatable bonds is 3. The van der Waals surface area contributed by atoms with E-state index in [1.807, 2.05) is 28.9 Å². The van der Waals surface area contributed by atoms with Crippen LogP contribution in [0.5, 0.6) is 0 Å². The van der Waals surface area contributed by atoms with Crippen molar-refractivity contribution in [2.24, 2.45) is 5.92 Å². The molecule has 0 unspecified atom stereocenters. The highest BCUT2D eigenvalue weighted by molar-refractivity contribution is 7.89.